The smallest absolute Gasteiger partial charge is 0.0554 e. The molecule has 0 amide bonds. The van der Waals surface area contributed by atoms with E-state index in [1.807, 2.05) is 12.1 Å². The van der Waals surface area contributed by atoms with E-state index in [2.05, 4.69) is 97.9 Å². The molecule has 0 heterocycles. The van der Waals surface area contributed by atoms with Crippen molar-refractivity contribution in [1.29, 1.82) is 0 Å². The average molecular weight is 349 g/mol. The Kier molecular flexibility index (Phi) is 4.86. The first kappa shape index (κ1) is 17.3. The molecule has 0 spiro atoms. The fourth-order valence-corrected chi connectivity index (χ4v) is 3.54. The van der Waals surface area contributed by atoms with Gasteiger partial charge in [-0.05, 0) is 64.1 Å². The number of benzene rings is 4. The maximum absolute atomic E-state index is 6.71. The van der Waals surface area contributed by atoms with Gasteiger partial charge in [-0.1, -0.05) is 84.9 Å². The molecule has 1 atom stereocenters. The van der Waals surface area contributed by atoms with Crippen LogP contribution in [0.1, 0.15) is 22.7 Å². The number of nitrogens with two attached hydrogens (primary N) is 1. The van der Waals surface area contributed by atoms with Crippen molar-refractivity contribution in [3.05, 3.63) is 120 Å². The van der Waals surface area contributed by atoms with Crippen LogP contribution < -0.4 is 5.73 Å². The van der Waals surface area contributed by atoms with E-state index in [0.717, 1.165) is 5.56 Å². The molecule has 0 aromatic heterocycles. The minimum atomic E-state index is -0.155. The monoisotopic (exact) mass is 349 g/mol. The van der Waals surface area contributed by atoms with Crippen LogP contribution in [-0.4, -0.2) is 0 Å². The van der Waals surface area contributed by atoms with Crippen LogP contribution in [0.3, 0.4) is 0 Å². The molecule has 0 bridgehead atoms. The third kappa shape index (κ3) is 3.69. The molecular formula is C26H23N. The zero-order valence-electron chi connectivity index (χ0n) is 15.5. The molecule has 4 aromatic carbocycles. The van der Waals surface area contributed by atoms with Crippen LogP contribution in [0, 0.1) is 6.92 Å². The van der Waals surface area contributed by atoms with Crippen molar-refractivity contribution in [1.82, 2.24) is 0 Å². The summed E-state index contributed by atoms with van der Waals surface area (Å²) in [7, 11) is 0. The van der Waals surface area contributed by atoms with Gasteiger partial charge in [0, 0.05) is 0 Å². The van der Waals surface area contributed by atoms with E-state index in [4.69, 9.17) is 5.73 Å². The molecule has 0 fully saturated rings. The molecule has 1 nitrogen and oxygen atoms in total. The van der Waals surface area contributed by atoms with E-state index in [-0.39, 0.29) is 6.04 Å². The molecule has 27 heavy (non-hydrogen) atoms. The Morgan fingerprint density at radius 3 is 1.56 bits per heavy atom. The Morgan fingerprint density at radius 1 is 0.556 bits per heavy atom. The fraction of sp³-hybridized carbons (Fsp3) is 0.0769. The van der Waals surface area contributed by atoms with Gasteiger partial charge in [0.25, 0.3) is 0 Å². The molecule has 132 valence electrons. The van der Waals surface area contributed by atoms with Crippen molar-refractivity contribution in [2.24, 2.45) is 5.73 Å². The van der Waals surface area contributed by atoms with Gasteiger partial charge in [0.1, 0.15) is 0 Å². The Morgan fingerprint density at radius 2 is 1.04 bits per heavy atom. The normalized spacial score (nSPS) is 11.9. The minimum Gasteiger partial charge on any atom is -0.320 e. The predicted octanol–water partition coefficient (Wildman–Crippen LogP) is 6.38. The van der Waals surface area contributed by atoms with E-state index in [0.29, 0.717) is 0 Å². The lowest BCUT2D eigenvalue weighted by Gasteiger charge is -2.18. The van der Waals surface area contributed by atoms with E-state index in [9.17, 15) is 0 Å². The topological polar surface area (TPSA) is 26.0 Å². The van der Waals surface area contributed by atoms with Crippen LogP contribution >= 0.6 is 0 Å². The van der Waals surface area contributed by atoms with Crippen LogP contribution in [0.5, 0.6) is 0 Å². The van der Waals surface area contributed by atoms with Crippen LogP contribution in [0.2, 0.25) is 0 Å². The van der Waals surface area contributed by atoms with Crippen LogP contribution in [-0.2, 0) is 0 Å². The van der Waals surface area contributed by atoms with Crippen molar-refractivity contribution in [3.63, 3.8) is 0 Å². The molecule has 0 radical (unpaired) electrons. The number of aryl methyl sites for hydroxylation is 1. The summed E-state index contributed by atoms with van der Waals surface area (Å²) in [6.45, 7) is 2.12. The summed E-state index contributed by atoms with van der Waals surface area (Å²) in [5, 5.41) is 0. The Bertz CT molecular complexity index is 978. The third-order valence-corrected chi connectivity index (χ3v) is 5.05. The van der Waals surface area contributed by atoms with E-state index < -0.39 is 0 Å². The summed E-state index contributed by atoms with van der Waals surface area (Å²) in [5.41, 5.74) is 15.0. The third-order valence-electron chi connectivity index (χ3n) is 5.05. The highest BCUT2D eigenvalue weighted by molar-refractivity contribution is 5.74. The SMILES string of the molecule is Cc1ccccc1C(N)c1cc(-c2ccccc2)cc(-c2ccccc2)c1. The van der Waals surface area contributed by atoms with Crippen LogP contribution in [0.15, 0.2) is 103 Å². The van der Waals surface area contributed by atoms with E-state index in [1.165, 1.54) is 33.4 Å². The molecule has 1 heteroatoms. The van der Waals surface area contributed by atoms with Crippen molar-refractivity contribution in [3.8, 4) is 22.3 Å². The summed E-state index contributed by atoms with van der Waals surface area (Å²) in [6.07, 6.45) is 0. The van der Waals surface area contributed by atoms with E-state index in [1.54, 1.807) is 0 Å². The summed E-state index contributed by atoms with van der Waals surface area (Å²) in [4.78, 5) is 0. The lowest BCUT2D eigenvalue weighted by molar-refractivity contribution is 0.862. The second-order valence-electron chi connectivity index (χ2n) is 6.91. The summed E-state index contributed by atoms with van der Waals surface area (Å²) in [5.74, 6) is 0. The quantitative estimate of drug-likeness (QED) is 0.455. The predicted molar refractivity (Wildman–Crippen MR) is 115 cm³/mol. The minimum absolute atomic E-state index is 0.155. The lowest BCUT2D eigenvalue weighted by Crippen LogP contribution is -2.13. The maximum Gasteiger partial charge on any atom is 0.0554 e. The summed E-state index contributed by atoms with van der Waals surface area (Å²) < 4.78 is 0. The van der Waals surface area contributed by atoms with Crippen LogP contribution in [0.25, 0.3) is 22.3 Å². The highest BCUT2D eigenvalue weighted by Crippen LogP contribution is 2.32. The molecule has 1 unspecified atom stereocenters. The second kappa shape index (κ2) is 7.61. The molecule has 0 aliphatic carbocycles. The first-order chi connectivity index (χ1) is 13.2. The molecule has 4 rings (SSSR count). The maximum atomic E-state index is 6.71. The van der Waals surface area contributed by atoms with Gasteiger partial charge in [-0.25, -0.2) is 0 Å². The van der Waals surface area contributed by atoms with Gasteiger partial charge in [-0.3, -0.25) is 0 Å². The largest absolute Gasteiger partial charge is 0.320 e. The highest BCUT2D eigenvalue weighted by atomic mass is 14.6. The molecule has 0 aliphatic rings. The van der Waals surface area contributed by atoms with E-state index >= 15 is 0 Å². The van der Waals surface area contributed by atoms with Gasteiger partial charge >= 0.3 is 0 Å². The molecule has 0 saturated heterocycles. The first-order valence-electron chi connectivity index (χ1n) is 9.29. The molecule has 0 aliphatic heterocycles. The Balaban J connectivity index is 1.87. The number of hydrogen-bond acceptors (Lipinski definition) is 1. The summed E-state index contributed by atoms with van der Waals surface area (Å²) in [6, 6.07) is 35.9. The van der Waals surface area contributed by atoms with Gasteiger partial charge in [0.05, 0.1) is 6.04 Å². The van der Waals surface area contributed by atoms with Gasteiger partial charge in [0.15, 0.2) is 0 Å². The van der Waals surface area contributed by atoms with Crippen molar-refractivity contribution < 1.29 is 0 Å². The zero-order chi connectivity index (χ0) is 18.6. The van der Waals surface area contributed by atoms with Crippen LogP contribution in [0.4, 0.5) is 0 Å². The van der Waals surface area contributed by atoms with Crippen molar-refractivity contribution in [2.45, 2.75) is 13.0 Å². The standard InChI is InChI=1S/C26H23N/c1-19-10-8-9-15-25(19)26(27)24-17-22(20-11-4-2-5-12-20)16-23(18-24)21-13-6-3-7-14-21/h2-18,26H,27H2,1H3. The number of rotatable bonds is 4. The highest BCUT2D eigenvalue weighted by Gasteiger charge is 2.14. The van der Waals surface area contributed by atoms with Gasteiger partial charge in [0.2, 0.25) is 0 Å². The number of hydrogen-bond donors (Lipinski definition) is 1. The second-order valence-corrected chi connectivity index (χ2v) is 6.91. The molecule has 2 N–H and O–H groups in total. The Labute approximate surface area is 161 Å². The average Bonchev–Trinajstić information content (AvgIpc) is 2.74. The van der Waals surface area contributed by atoms with Gasteiger partial charge in [-0.2, -0.15) is 0 Å². The van der Waals surface area contributed by atoms with Crippen molar-refractivity contribution in [2.75, 3.05) is 0 Å². The van der Waals surface area contributed by atoms with Crippen molar-refractivity contribution >= 4 is 0 Å². The lowest BCUT2D eigenvalue weighted by atomic mass is 9.90. The van der Waals surface area contributed by atoms with Gasteiger partial charge in [-0.15, -0.1) is 0 Å². The fourth-order valence-electron chi connectivity index (χ4n) is 3.54. The summed E-state index contributed by atoms with van der Waals surface area (Å²) >= 11 is 0. The molecular weight excluding hydrogens is 326 g/mol. The zero-order valence-corrected chi connectivity index (χ0v) is 15.5. The van der Waals surface area contributed by atoms with Gasteiger partial charge < -0.3 is 5.73 Å². The first-order valence-corrected chi connectivity index (χ1v) is 9.29. The Hall–Kier alpha value is -3.16. The molecule has 0 saturated carbocycles. The molecule has 4 aromatic rings.